The van der Waals surface area contributed by atoms with Gasteiger partial charge < -0.3 is 5.32 Å². The molecular weight excluding hydrogens is 296 g/mol. The lowest BCUT2D eigenvalue weighted by molar-refractivity contribution is -0.114. The molecular formula is C9H7BrN2OS2. The molecule has 0 atom stereocenters. The number of halogens is 1. The standard InChI is InChI=1S/C9H7BrN2OS2/c1-5(13)11-9-12-7(4-15-9)8-2-6(10)3-14-8/h2-4H,1H3,(H,11,12,13). The molecule has 1 N–H and O–H groups in total. The van der Waals surface area contributed by atoms with Crippen LogP contribution in [0.25, 0.3) is 10.6 Å². The highest BCUT2D eigenvalue weighted by atomic mass is 79.9. The van der Waals surface area contributed by atoms with Crippen molar-refractivity contribution in [3.8, 4) is 10.6 Å². The molecule has 2 rings (SSSR count). The average Bonchev–Trinajstić information content (AvgIpc) is 2.72. The van der Waals surface area contributed by atoms with Gasteiger partial charge in [0.25, 0.3) is 0 Å². The van der Waals surface area contributed by atoms with Crippen molar-refractivity contribution < 1.29 is 4.79 Å². The van der Waals surface area contributed by atoms with Crippen molar-refractivity contribution in [2.24, 2.45) is 0 Å². The first-order chi connectivity index (χ1) is 7.15. The highest BCUT2D eigenvalue weighted by Crippen LogP contribution is 2.31. The van der Waals surface area contributed by atoms with E-state index in [1.54, 1.807) is 11.3 Å². The third-order valence-corrected chi connectivity index (χ3v) is 4.08. The Morgan fingerprint density at radius 2 is 2.27 bits per heavy atom. The molecule has 0 unspecified atom stereocenters. The highest BCUT2D eigenvalue weighted by molar-refractivity contribution is 9.10. The molecule has 2 heterocycles. The predicted molar refractivity (Wildman–Crippen MR) is 67.4 cm³/mol. The number of nitrogens with one attached hydrogen (secondary N) is 1. The van der Waals surface area contributed by atoms with E-state index in [9.17, 15) is 4.79 Å². The monoisotopic (exact) mass is 302 g/mol. The summed E-state index contributed by atoms with van der Waals surface area (Å²) in [7, 11) is 0. The molecule has 0 spiro atoms. The lowest BCUT2D eigenvalue weighted by atomic mass is 10.4. The normalized spacial score (nSPS) is 10.3. The first kappa shape index (κ1) is 10.8. The minimum Gasteiger partial charge on any atom is -0.302 e. The molecule has 3 nitrogen and oxygen atoms in total. The Kier molecular flexibility index (Phi) is 3.18. The quantitative estimate of drug-likeness (QED) is 0.921. The van der Waals surface area contributed by atoms with Gasteiger partial charge in [-0.3, -0.25) is 4.79 Å². The Hall–Kier alpha value is -0.720. The van der Waals surface area contributed by atoms with Crippen molar-refractivity contribution in [1.29, 1.82) is 0 Å². The van der Waals surface area contributed by atoms with Gasteiger partial charge in [0, 0.05) is 22.2 Å². The number of hydrogen-bond acceptors (Lipinski definition) is 4. The molecule has 6 heteroatoms. The zero-order chi connectivity index (χ0) is 10.8. The number of rotatable bonds is 2. The summed E-state index contributed by atoms with van der Waals surface area (Å²) in [6.45, 7) is 1.48. The van der Waals surface area contributed by atoms with E-state index in [1.807, 2.05) is 16.8 Å². The molecule has 0 bridgehead atoms. The lowest BCUT2D eigenvalue weighted by Crippen LogP contribution is -2.04. The molecule has 2 aromatic heterocycles. The molecule has 2 aromatic rings. The van der Waals surface area contributed by atoms with Crippen LogP contribution in [0.4, 0.5) is 5.13 Å². The second-order valence-electron chi connectivity index (χ2n) is 2.85. The number of carbonyl (C=O) groups is 1. The molecule has 15 heavy (non-hydrogen) atoms. The number of thiazole rings is 1. The van der Waals surface area contributed by atoms with E-state index in [1.165, 1.54) is 18.3 Å². The Bertz CT molecular complexity index is 492. The molecule has 0 fully saturated rings. The van der Waals surface area contributed by atoms with Crippen LogP contribution in [0.15, 0.2) is 21.3 Å². The molecule has 78 valence electrons. The summed E-state index contributed by atoms with van der Waals surface area (Å²) in [6, 6.07) is 2.01. The van der Waals surface area contributed by atoms with E-state index in [-0.39, 0.29) is 5.91 Å². The van der Waals surface area contributed by atoms with Gasteiger partial charge in [-0.25, -0.2) is 4.98 Å². The fourth-order valence-electron chi connectivity index (χ4n) is 1.04. The maximum atomic E-state index is 10.8. The fourth-order valence-corrected chi connectivity index (χ4v) is 3.26. The second kappa shape index (κ2) is 4.42. The maximum absolute atomic E-state index is 10.8. The van der Waals surface area contributed by atoms with Crippen LogP contribution in [-0.4, -0.2) is 10.9 Å². The van der Waals surface area contributed by atoms with Gasteiger partial charge in [-0.2, -0.15) is 0 Å². The minimum atomic E-state index is -0.0942. The van der Waals surface area contributed by atoms with Crippen LogP contribution < -0.4 is 5.32 Å². The zero-order valence-electron chi connectivity index (χ0n) is 7.78. The Balaban J connectivity index is 2.23. The van der Waals surface area contributed by atoms with Crippen LogP contribution in [0.2, 0.25) is 0 Å². The summed E-state index contributed by atoms with van der Waals surface area (Å²) in [4.78, 5) is 16.2. The third kappa shape index (κ3) is 2.64. The first-order valence-electron chi connectivity index (χ1n) is 4.12. The van der Waals surface area contributed by atoms with Crippen LogP contribution >= 0.6 is 38.6 Å². The lowest BCUT2D eigenvalue weighted by Gasteiger charge is -1.92. The largest absolute Gasteiger partial charge is 0.302 e. The van der Waals surface area contributed by atoms with Gasteiger partial charge in [-0.05, 0) is 22.0 Å². The van der Waals surface area contributed by atoms with Gasteiger partial charge in [0.05, 0.1) is 10.6 Å². The summed E-state index contributed by atoms with van der Waals surface area (Å²) in [5.41, 5.74) is 0.902. The zero-order valence-corrected chi connectivity index (χ0v) is 11.0. The molecule has 0 saturated carbocycles. The number of nitrogens with zero attached hydrogens (tertiary/aromatic N) is 1. The van der Waals surface area contributed by atoms with E-state index >= 15 is 0 Å². The van der Waals surface area contributed by atoms with Gasteiger partial charge in [0.15, 0.2) is 5.13 Å². The van der Waals surface area contributed by atoms with E-state index in [0.29, 0.717) is 5.13 Å². The molecule has 0 aliphatic carbocycles. The molecule has 0 radical (unpaired) electrons. The minimum absolute atomic E-state index is 0.0942. The number of thiophene rings is 1. The summed E-state index contributed by atoms with van der Waals surface area (Å²) < 4.78 is 1.05. The molecule has 0 aliphatic heterocycles. The Morgan fingerprint density at radius 3 is 2.87 bits per heavy atom. The van der Waals surface area contributed by atoms with Gasteiger partial charge >= 0.3 is 0 Å². The Labute approximate surface area is 103 Å². The molecule has 0 saturated heterocycles. The van der Waals surface area contributed by atoms with Crippen LogP contribution in [0.5, 0.6) is 0 Å². The number of aromatic nitrogens is 1. The maximum Gasteiger partial charge on any atom is 0.223 e. The molecule has 0 aromatic carbocycles. The van der Waals surface area contributed by atoms with Crippen molar-refractivity contribution in [2.45, 2.75) is 6.92 Å². The topological polar surface area (TPSA) is 42.0 Å². The SMILES string of the molecule is CC(=O)Nc1nc(-c2cc(Br)cs2)cs1. The van der Waals surface area contributed by atoms with Crippen molar-refractivity contribution in [1.82, 2.24) is 4.98 Å². The number of amides is 1. The van der Waals surface area contributed by atoms with E-state index in [0.717, 1.165) is 15.0 Å². The Morgan fingerprint density at radius 1 is 1.47 bits per heavy atom. The van der Waals surface area contributed by atoms with Gasteiger partial charge in [-0.1, -0.05) is 0 Å². The highest BCUT2D eigenvalue weighted by Gasteiger charge is 2.07. The van der Waals surface area contributed by atoms with Crippen LogP contribution in [0.1, 0.15) is 6.92 Å². The van der Waals surface area contributed by atoms with Crippen molar-refractivity contribution in [2.75, 3.05) is 5.32 Å². The van der Waals surface area contributed by atoms with Crippen LogP contribution in [0, 0.1) is 0 Å². The molecule has 0 aliphatic rings. The van der Waals surface area contributed by atoms with Gasteiger partial charge in [0.2, 0.25) is 5.91 Å². The smallest absolute Gasteiger partial charge is 0.223 e. The fraction of sp³-hybridized carbons (Fsp3) is 0.111. The van der Waals surface area contributed by atoms with E-state index in [2.05, 4.69) is 26.2 Å². The third-order valence-electron chi connectivity index (χ3n) is 1.61. The summed E-state index contributed by atoms with van der Waals surface area (Å²) in [5, 5.41) is 7.24. The van der Waals surface area contributed by atoms with E-state index in [4.69, 9.17) is 0 Å². The van der Waals surface area contributed by atoms with Gasteiger partial charge in [0.1, 0.15) is 0 Å². The van der Waals surface area contributed by atoms with Crippen molar-refractivity contribution in [3.05, 3.63) is 21.3 Å². The number of anilines is 1. The average molecular weight is 303 g/mol. The number of hydrogen-bond donors (Lipinski definition) is 1. The molecule has 1 amide bonds. The van der Waals surface area contributed by atoms with Crippen LogP contribution in [0.3, 0.4) is 0 Å². The van der Waals surface area contributed by atoms with E-state index < -0.39 is 0 Å². The van der Waals surface area contributed by atoms with Crippen molar-refractivity contribution in [3.63, 3.8) is 0 Å². The first-order valence-corrected chi connectivity index (χ1v) is 6.68. The predicted octanol–water partition coefficient (Wildman–Crippen LogP) is 3.59. The van der Waals surface area contributed by atoms with Gasteiger partial charge in [-0.15, -0.1) is 22.7 Å². The van der Waals surface area contributed by atoms with Crippen molar-refractivity contribution >= 4 is 49.6 Å². The summed E-state index contributed by atoms with van der Waals surface area (Å²) in [5.74, 6) is -0.0942. The number of carbonyl (C=O) groups excluding carboxylic acids is 1. The summed E-state index contributed by atoms with van der Waals surface area (Å²) in [6.07, 6.45) is 0. The van der Waals surface area contributed by atoms with Crippen LogP contribution in [-0.2, 0) is 4.79 Å². The second-order valence-corrected chi connectivity index (χ2v) is 5.53. The summed E-state index contributed by atoms with van der Waals surface area (Å²) >= 11 is 6.44.